The van der Waals surface area contributed by atoms with Crippen molar-refractivity contribution >= 4 is 12.2 Å². The van der Waals surface area contributed by atoms with Gasteiger partial charge in [0.1, 0.15) is 0 Å². The lowest BCUT2D eigenvalue weighted by atomic mass is 9.98. The van der Waals surface area contributed by atoms with E-state index < -0.39 is 0 Å². The van der Waals surface area contributed by atoms with E-state index in [0.717, 1.165) is 11.1 Å². The van der Waals surface area contributed by atoms with Crippen molar-refractivity contribution in [1.82, 2.24) is 0 Å². The Balaban J connectivity index is 2.25. The third kappa shape index (κ3) is 1.53. The molecule has 0 saturated heterocycles. The van der Waals surface area contributed by atoms with Crippen molar-refractivity contribution in [2.75, 3.05) is 7.11 Å². The van der Waals surface area contributed by atoms with Crippen molar-refractivity contribution in [3.8, 4) is 0 Å². The fourth-order valence-electron chi connectivity index (χ4n) is 1.56. The lowest BCUT2D eigenvalue weighted by Gasteiger charge is -2.16. The second-order valence-electron chi connectivity index (χ2n) is 3.22. The Kier molecular flexibility index (Phi) is 2.31. The van der Waals surface area contributed by atoms with Crippen LogP contribution in [0.15, 0.2) is 29.3 Å². The topological polar surface area (TPSA) is 38.7 Å². The fraction of sp³-hybridized carbons (Fsp3) is 0.273. The minimum Gasteiger partial charge on any atom is -0.467 e. The van der Waals surface area contributed by atoms with Crippen LogP contribution < -0.4 is 0 Å². The fourth-order valence-corrected chi connectivity index (χ4v) is 1.56. The van der Waals surface area contributed by atoms with Crippen molar-refractivity contribution < 1.29 is 9.53 Å². The molecular formula is C11H11NO2. The average Bonchev–Trinajstić information content (AvgIpc) is 2.27. The zero-order valence-electron chi connectivity index (χ0n) is 7.93. The molecule has 72 valence electrons. The Hall–Kier alpha value is -1.64. The van der Waals surface area contributed by atoms with Crippen LogP contribution in [0, 0.1) is 0 Å². The van der Waals surface area contributed by atoms with Crippen LogP contribution in [0.2, 0.25) is 0 Å². The van der Waals surface area contributed by atoms with Gasteiger partial charge in [0.15, 0.2) is 6.04 Å². The number of hydrogen-bond donors (Lipinski definition) is 0. The highest BCUT2D eigenvalue weighted by Gasteiger charge is 2.21. The highest BCUT2D eigenvalue weighted by Crippen LogP contribution is 2.16. The van der Waals surface area contributed by atoms with Crippen molar-refractivity contribution in [2.45, 2.75) is 12.5 Å². The van der Waals surface area contributed by atoms with E-state index in [-0.39, 0.29) is 12.0 Å². The second-order valence-corrected chi connectivity index (χ2v) is 3.22. The van der Waals surface area contributed by atoms with E-state index in [4.69, 9.17) is 0 Å². The van der Waals surface area contributed by atoms with Crippen molar-refractivity contribution in [3.63, 3.8) is 0 Å². The molecule has 1 unspecified atom stereocenters. The molecule has 1 aliphatic heterocycles. The molecule has 1 aromatic rings. The molecule has 1 aliphatic rings. The summed E-state index contributed by atoms with van der Waals surface area (Å²) >= 11 is 0. The van der Waals surface area contributed by atoms with E-state index in [9.17, 15) is 4.79 Å². The normalized spacial score (nSPS) is 18.8. The predicted molar refractivity (Wildman–Crippen MR) is 53.5 cm³/mol. The monoisotopic (exact) mass is 189 g/mol. The molecule has 0 radical (unpaired) electrons. The van der Waals surface area contributed by atoms with Gasteiger partial charge >= 0.3 is 5.97 Å². The van der Waals surface area contributed by atoms with Gasteiger partial charge in [0.2, 0.25) is 0 Å². The van der Waals surface area contributed by atoms with Gasteiger partial charge < -0.3 is 4.74 Å². The van der Waals surface area contributed by atoms with E-state index in [1.807, 2.05) is 24.3 Å². The summed E-state index contributed by atoms with van der Waals surface area (Å²) < 4.78 is 4.65. The molecule has 3 heteroatoms. The van der Waals surface area contributed by atoms with Crippen molar-refractivity contribution in [3.05, 3.63) is 35.4 Å². The number of benzene rings is 1. The van der Waals surface area contributed by atoms with Crippen LogP contribution in [0.1, 0.15) is 11.1 Å². The molecule has 1 heterocycles. The molecule has 0 aromatic heterocycles. The summed E-state index contributed by atoms with van der Waals surface area (Å²) in [7, 11) is 1.39. The summed E-state index contributed by atoms with van der Waals surface area (Å²) in [6.07, 6.45) is 2.37. The van der Waals surface area contributed by atoms with Crippen LogP contribution in [-0.4, -0.2) is 25.3 Å². The maximum atomic E-state index is 11.2. The molecule has 3 nitrogen and oxygen atoms in total. The standard InChI is InChI=1S/C11H11NO2/c1-14-11(13)10-6-8-4-2-3-5-9(8)7-12-10/h2-5,7,10H,6H2,1H3. The van der Waals surface area contributed by atoms with Crippen LogP contribution in [-0.2, 0) is 16.0 Å². The lowest BCUT2D eigenvalue weighted by Crippen LogP contribution is -2.25. The molecular weight excluding hydrogens is 178 g/mol. The Morgan fingerprint density at radius 3 is 3.07 bits per heavy atom. The van der Waals surface area contributed by atoms with Crippen LogP contribution in [0.25, 0.3) is 0 Å². The Bertz CT molecular complexity index is 385. The minimum absolute atomic E-state index is 0.268. The number of esters is 1. The molecule has 2 rings (SSSR count). The summed E-state index contributed by atoms with van der Waals surface area (Å²) in [6, 6.07) is 7.56. The summed E-state index contributed by atoms with van der Waals surface area (Å²) in [5.74, 6) is -0.268. The van der Waals surface area contributed by atoms with Gasteiger partial charge in [-0.1, -0.05) is 24.3 Å². The first-order valence-corrected chi connectivity index (χ1v) is 4.50. The van der Waals surface area contributed by atoms with Crippen LogP contribution >= 0.6 is 0 Å². The Morgan fingerprint density at radius 1 is 1.50 bits per heavy atom. The predicted octanol–water partition coefficient (Wildman–Crippen LogP) is 1.20. The maximum absolute atomic E-state index is 11.2. The van der Waals surface area contributed by atoms with E-state index in [1.54, 1.807) is 6.21 Å². The summed E-state index contributed by atoms with van der Waals surface area (Å²) in [5.41, 5.74) is 2.24. The first kappa shape index (κ1) is 8.94. The summed E-state index contributed by atoms with van der Waals surface area (Å²) in [6.45, 7) is 0. The lowest BCUT2D eigenvalue weighted by molar-refractivity contribution is -0.142. The summed E-state index contributed by atoms with van der Waals surface area (Å²) in [5, 5.41) is 0. The SMILES string of the molecule is COC(=O)C1Cc2ccccc2C=N1. The van der Waals surface area contributed by atoms with Crippen LogP contribution in [0.3, 0.4) is 0 Å². The number of ether oxygens (including phenoxy) is 1. The molecule has 0 saturated carbocycles. The molecule has 0 bridgehead atoms. The first-order chi connectivity index (χ1) is 6.81. The zero-order chi connectivity index (χ0) is 9.97. The van der Waals surface area contributed by atoms with Crippen LogP contribution in [0.5, 0.6) is 0 Å². The molecule has 1 aromatic carbocycles. The number of nitrogens with zero attached hydrogens (tertiary/aromatic N) is 1. The van der Waals surface area contributed by atoms with Gasteiger partial charge in [0.05, 0.1) is 7.11 Å². The second kappa shape index (κ2) is 3.62. The van der Waals surface area contributed by atoms with Gasteiger partial charge in [-0.15, -0.1) is 0 Å². The molecule has 0 fully saturated rings. The number of methoxy groups -OCH3 is 1. The number of rotatable bonds is 1. The molecule has 0 N–H and O–H groups in total. The number of carbonyl (C=O) groups is 1. The highest BCUT2D eigenvalue weighted by molar-refractivity contribution is 5.88. The number of fused-ring (bicyclic) bond motifs is 1. The van der Waals surface area contributed by atoms with E-state index in [2.05, 4.69) is 9.73 Å². The smallest absolute Gasteiger partial charge is 0.330 e. The Labute approximate surface area is 82.4 Å². The van der Waals surface area contributed by atoms with Gasteiger partial charge in [0, 0.05) is 12.6 Å². The molecule has 1 atom stereocenters. The van der Waals surface area contributed by atoms with Gasteiger partial charge in [-0.05, 0) is 11.1 Å². The van der Waals surface area contributed by atoms with E-state index in [0.29, 0.717) is 6.42 Å². The highest BCUT2D eigenvalue weighted by atomic mass is 16.5. The van der Waals surface area contributed by atoms with Crippen molar-refractivity contribution in [2.24, 2.45) is 4.99 Å². The van der Waals surface area contributed by atoms with Gasteiger partial charge in [-0.25, -0.2) is 4.79 Å². The molecule has 0 spiro atoms. The average molecular weight is 189 g/mol. The largest absolute Gasteiger partial charge is 0.467 e. The summed E-state index contributed by atoms with van der Waals surface area (Å²) in [4.78, 5) is 15.4. The van der Waals surface area contributed by atoms with Gasteiger partial charge in [0.25, 0.3) is 0 Å². The molecule has 14 heavy (non-hydrogen) atoms. The minimum atomic E-state index is -0.366. The third-order valence-electron chi connectivity index (χ3n) is 2.34. The van der Waals surface area contributed by atoms with E-state index >= 15 is 0 Å². The van der Waals surface area contributed by atoms with Gasteiger partial charge in [-0.3, -0.25) is 4.99 Å². The number of carbonyl (C=O) groups excluding carboxylic acids is 1. The molecule has 0 aliphatic carbocycles. The van der Waals surface area contributed by atoms with E-state index in [1.165, 1.54) is 7.11 Å². The zero-order valence-corrected chi connectivity index (χ0v) is 7.93. The Morgan fingerprint density at radius 2 is 2.29 bits per heavy atom. The van der Waals surface area contributed by atoms with Gasteiger partial charge in [-0.2, -0.15) is 0 Å². The molecule has 0 amide bonds. The maximum Gasteiger partial charge on any atom is 0.330 e. The van der Waals surface area contributed by atoms with Crippen LogP contribution in [0.4, 0.5) is 0 Å². The first-order valence-electron chi connectivity index (χ1n) is 4.50. The quantitative estimate of drug-likeness (QED) is 0.623. The third-order valence-corrected chi connectivity index (χ3v) is 2.34. The number of aliphatic imine (C=N–C) groups is 1. The van der Waals surface area contributed by atoms with Crippen molar-refractivity contribution in [1.29, 1.82) is 0 Å². The number of hydrogen-bond acceptors (Lipinski definition) is 3.